The van der Waals surface area contributed by atoms with Crippen LogP contribution in [0, 0.1) is 0 Å². The molecule has 0 bridgehead atoms. The number of carboxylic acids is 1. The number of nitrogens with one attached hydrogen (secondary N) is 1. The first-order valence-corrected chi connectivity index (χ1v) is 12.5. The van der Waals surface area contributed by atoms with Crippen molar-refractivity contribution < 1.29 is 14.7 Å². The Labute approximate surface area is 213 Å². The van der Waals surface area contributed by atoms with Gasteiger partial charge in [0.2, 0.25) is 5.91 Å². The maximum absolute atomic E-state index is 13.1. The molecule has 4 aromatic carbocycles. The molecule has 5 aromatic rings. The van der Waals surface area contributed by atoms with E-state index in [0.717, 1.165) is 32.5 Å². The number of benzene rings is 4. The Hall–Kier alpha value is -4.29. The summed E-state index contributed by atoms with van der Waals surface area (Å²) in [7, 11) is 0. The van der Waals surface area contributed by atoms with Gasteiger partial charge in [-0.2, -0.15) is 0 Å². The molecule has 0 spiro atoms. The molecule has 0 aliphatic carbocycles. The normalized spacial score (nSPS) is 11.9. The highest BCUT2D eigenvalue weighted by molar-refractivity contribution is 7.18. The summed E-state index contributed by atoms with van der Waals surface area (Å²) in [5, 5.41) is 13.5. The largest absolute Gasteiger partial charge is 0.480 e. The van der Waals surface area contributed by atoms with Crippen LogP contribution in [0.3, 0.4) is 0 Å². The Balaban J connectivity index is 1.38. The highest BCUT2D eigenvalue weighted by atomic mass is 32.1. The number of amides is 1. The molecule has 0 saturated carbocycles. The second-order valence-electron chi connectivity index (χ2n) is 8.52. The number of thiazole rings is 1. The average Bonchev–Trinajstić information content (AvgIpc) is 3.31. The van der Waals surface area contributed by atoms with Crippen LogP contribution in [-0.4, -0.2) is 28.0 Å². The van der Waals surface area contributed by atoms with E-state index in [-0.39, 0.29) is 12.3 Å². The number of hydrogen-bond acceptors (Lipinski definition) is 4. The van der Waals surface area contributed by atoms with E-state index >= 15 is 0 Å². The van der Waals surface area contributed by atoms with E-state index in [1.165, 1.54) is 11.3 Å². The summed E-state index contributed by atoms with van der Waals surface area (Å²) >= 11 is 1.45. The van der Waals surface area contributed by atoms with Crippen LogP contribution in [0.1, 0.15) is 22.1 Å². The molecular formula is C30H24N2O3S. The van der Waals surface area contributed by atoms with Crippen molar-refractivity contribution in [2.45, 2.75) is 18.4 Å². The van der Waals surface area contributed by atoms with Crippen molar-refractivity contribution in [2.24, 2.45) is 0 Å². The van der Waals surface area contributed by atoms with Gasteiger partial charge in [0.15, 0.2) is 0 Å². The van der Waals surface area contributed by atoms with Crippen LogP contribution in [0.25, 0.3) is 21.3 Å². The van der Waals surface area contributed by atoms with Crippen LogP contribution in [0.15, 0.2) is 109 Å². The van der Waals surface area contributed by atoms with Gasteiger partial charge in [-0.25, -0.2) is 9.78 Å². The Morgan fingerprint density at radius 2 is 1.36 bits per heavy atom. The molecule has 5 nitrogen and oxygen atoms in total. The summed E-state index contributed by atoms with van der Waals surface area (Å²) in [5.74, 6) is -1.99. The van der Waals surface area contributed by atoms with Gasteiger partial charge in [-0.05, 0) is 34.4 Å². The lowest BCUT2D eigenvalue weighted by molar-refractivity contribution is -0.142. The second-order valence-corrected chi connectivity index (χ2v) is 9.63. The summed E-state index contributed by atoms with van der Waals surface area (Å²) in [6.07, 6.45) is 0.0140. The molecule has 0 fully saturated rings. The molecule has 0 aliphatic heterocycles. The molecule has 0 saturated heterocycles. The van der Waals surface area contributed by atoms with Gasteiger partial charge < -0.3 is 10.4 Å². The quantitative estimate of drug-likeness (QED) is 0.282. The van der Waals surface area contributed by atoms with E-state index in [0.29, 0.717) is 5.01 Å². The third-order valence-electron chi connectivity index (χ3n) is 6.08. The van der Waals surface area contributed by atoms with Crippen LogP contribution in [-0.2, 0) is 16.0 Å². The lowest BCUT2D eigenvalue weighted by Crippen LogP contribution is -2.45. The predicted octanol–water partition coefficient (Wildman–Crippen LogP) is 5.91. The van der Waals surface area contributed by atoms with Gasteiger partial charge in [-0.3, -0.25) is 4.79 Å². The SMILES string of the molecule is O=C(Cc1nc2cc(-c3ccccc3)ccc2s1)N[C@H](C(=O)O)C(c1ccccc1)c1ccccc1. The van der Waals surface area contributed by atoms with Crippen molar-refractivity contribution in [1.82, 2.24) is 10.3 Å². The maximum Gasteiger partial charge on any atom is 0.327 e. The monoisotopic (exact) mass is 492 g/mol. The molecule has 5 rings (SSSR count). The molecule has 1 heterocycles. The second kappa shape index (κ2) is 10.5. The van der Waals surface area contributed by atoms with E-state index in [1.54, 1.807) is 0 Å². The fraction of sp³-hybridized carbons (Fsp3) is 0.100. The van der Waals surface area contributed by atoms with Crippen molar-refractivity contribution >= 4 is 33.4 Å². The first-order valence-electron chi connectivity index (χ1n) is 11.7. The first-order chi connectivity index (χ1) is 17.6. The predicted molar refractivity (Wildman–Crippen MR) is 143 cm³/mol. The molecule has 6 heteroatoms. The third kappa shape index (κ3) is 5.19. The maximum atomic E-state index is 13.1. The molecule has 178 valence electrons. The van der Waals surface area contributed by atoms with Crippen LogP contribution in [0.4, 0.5) is 0 Å². The van der Waals surface area contributed by atoms with Crippen molar-refractivity contribution in [1.29, 1.82) is 0 Å². The number of carbonyl (C=O) groups excluding carboxylic acids is 1. The van der Waals surface area contributed by atoms with Crippen molar-refractivity contribution in [3.63, 3.8) is 0 Å². The van der Waals surface area contributed by atoms with Crippen molar-refractivity contribution in [3.8, 4) is 11.1 Å². The molecule has 2 N–H and O–H groups in total. The highest BCUT2D eigenvalue weighted by Crippen LogP contribution is 2.30. The van der Waals surface area contributed by atoms with Crippen molar-refractivity contribution in [3.05, 3.63) is 125 Å². The van der Waals surface area contributed by atoms with Gasteiger partial charge in [0.25, 0.3) is 0 Å². The van der Waals surface area contributed by atoms with Crippen LogP contribution >= 0.6 is 11.3 Å². The zero-order chi connectivity index (χ0) is 24.9. The number of hydrogen-bond donors (Lipinski definition) is 2. The van der Waals surface area contributed by atoms with Gasteiger partial charge in [-0.1, -0.05) is 97.1 Å². The van der Waals surface area contributed by atoms with E-state index < -0.39 is 17.9 Å². The fourth-order valence-corrected chi connectivity index (χ4v) is 5.35. The van der Waals surface area contributed by atoms with Crippen LogP contribution in [0.2, 0.25) is 0 Å². The molecule has 1 aromatic heterocycles. The molecule has 0 aliphatic rings. The van der Waals surface area contributed by atoms with Crippen LogP contribution in [0.5, 0.6) is 0 Å². The summed E-state index contributed by atoms with van der Waals surface area (Å²) in [5.41, 5.74) is 4.63. The Morgan fingerprint density at radius 3 is 1.94 bits per heavy atom. The number of aliphatic carboxylic acids is 1. The molecule has 0 radical (unpaired) electrons. The number of aromatic nitrogens is 1. The molecule has 1 atom stereocenters. The summed E-state index contributed by atoms with van der Waals surface area (Å²) in [6, 6.07) is 33.8. The van der Waals surface area contributed by atoms with Crippen molar-refractivity contribution in [2.75, 3.05) is 0 Å². The topological polar surface area (TPSA) is 79.3 Å². The van der Waals surface area contributed by atoms with Gasteiger partial charge in [0, 0.05) is 5.92 Å². The minimum Gasteiger partial charge on any atom is -0.480 e. The van der Waals surface area contributed by atoms with Crippen LogP contribution < -0.4 is 5.32 Å². The number of carboxylic acid groups (broad SMARTS) is 1. The van der Waals surface area contributed by atoms with Gasteiger partial charge in [0.1, 0.15) is 11.0 Å². The Bertz CT molecular complexity index is 1440. The minimum absolute atomic E-state index is 0.0140. The standard InChI is InChI=1S/C30H24N2O3S/c33-26(19-27-31-24-18-23(16-17-25(24)36-27)20-10-4-1-5-11-20)32-29(30(34)35)28(21-12-6-2-7-13-21)22-14-8-3-9-15-22/h1-18,28-29H,19H2,(H,32,33)(H,34,35)/t29-/m0/s1. The van der Waals surface area contributed by atoms with E-state index in [1.807, 2.05) is 109 Å². The molecule has 1 amide bonds. The fourth-order valence-electron chi connectivity index (χ4n) is 4.41. The number of fused-ring (bicyclic) bond motifs is 1. The molecule has 36 heavy (non-hydrogen) atoms. The lowest BCUT2D eigenvalue weighted by atomic mass is 9.85. The van der Waals surface area contributed by atoms with E-state index in [9.17, 15) is 14.7 Å². The minimum atomic E-state index is -1.12. The first kappa shape index (κ1) is 23.5. The lowest BCUT2D eigenvalue weighted by Gasteiger charge is -2.26. The Morgan fingerprint density at radius 1 is 0.778 bits per heavy atom. The average molecular weight is 493 g/mol. The van der Waals surface area contributed by atoms with Gasteiger partial charge >= 0.3 is 5.97 Å². The zero-order valence-electron chi connectivity index (χ0n) is 19.4. The molecular weight excluding hydrogens is 468 g/mol. The van der Waals surface area contributed by atoms with E-state index in [4.69, 9.17) is 0 Å². The van der Waals surface area contributed by atoms with Gasteiger partial charge in [0.05, 0.1) is 16.6 Å². The third-order valence-corrected chi connectivity index (χ3v) is 7.12. The van der Waals surface area contributed by atoms with E-state index in [2.05, 4.69) is 10.3 Å². The molecule has 0 unspecified atom stereocenters. The number of nitrogens with zero attached hydrogens (tertiary/aromatic N) is 1. The Kier molecular flexibility index (Phi) is 6.87. The summed E-state index contributed by atoms with van der Waals surface area (Å²) < 4.78 is 0.985. The number of carbonyl (C=O) groups is 2. The number of rotatable bonds is 8. The zero-order valence-corrected chi connectivity index (χ0v) is 20.2. The highest BCUT2D eigenvalue weighted by Gasteiger charge is 2.32. The van der Waals surface area contributed by atoms with Gasteiger partial charge in [-0.15, -0.1) is 11.3 Å². The smallest absolute Gasteiger partial charge is 0.327 e. The summed E-state index contributed by atoms with van der Waals surface area (Å²) in [6.45, 7) is 0. The summed E-state index contributed by atoms with van der Waals surface area (Å²) in [4.78, 5) is 30.1.